The average Bonchev–Trinajstić information content (AvgIpc) is 2.99. The Morgan fingerprint density at radius 1 is 0.419 bits per heavy atom. The van der Waals surface area contributed by atoms with Gasteiger partial charge in [0.1, 0.15) is 0 Å². The molecule has 6 aliphatic carbocycles. The van der Waals surface area contributed by atoms with Crippen LogP contribution < -0.4 is 0 Å². The van der Waals surface area contributed by atoms with Crippen LogP contribution in [0.25, 0.3) is 0 Å². The fourth-order valence-electron chi connectivity index (χ4n) is 8.83. The van der Waals surface area contributed by atoms with Crippen LogP contribution in [-0.2, 0) is 17.4 Å². The van der Waals surface area contributed by atoms with Crippen molar-refractivity contribution in [1.82, 2.24) is 0 Å². The van der Waals surface area contributed by atoms with Crippen molar-refractivity contribution in [2.24, 2.45) is 44.1 Å². The van der Waals surface area contributed by atoms with E-state index < -0.39 is 12.2 Å². The fourth-order valence-corrected chi connectivity index (χ4v) is 9.45. The van der Waals surface area contributed by atoms with Crippen molar-refractivity contribution in [3.63, 3.8) is 0 Å². The molecule has 11 heteroatoms. The maximum atomic E-state index is 10.3. The predicted molar refractivity (Wildman–Crippen MR) is 165 cm³/mol. The van der Waals surface area contributed by atoms with E-state index in [4.69, 9.17) is 23.2 Å². The van der Waals surface area contributed by atoms with Crippen LogP contribution in [0.3, 0.4) is 0 Å². The van der Waals surface area contributed by atoms with Crippen molar-refractivity contribution in [2.45, 2.75) is 175 Å². The zero-order valence-electron chi connectivity index (χ0n) is 25.6. The topological polar surface area (TPSA) is 130 Å². The van der Waals surface area contributed by atoms with Gasteiger partial charge in [-0.1, -0.05) is 38.5 Å². The normalized spacial score (nSPS) is 47.1. The maximum Gasteiger partial charge on any atom is 0.0997 e. The molecule has 4 N–H and O–H groups in total. The third-order valence-corrected chi connectivity index (χ3v) is 12.2. The standard InChI is InChI=1S/2C16H27ClN2O2.Cr/c2*17-11-6-8-14(20)13(9-11)18-19-16-12-4-2-1-3-10(12)5-7-15(16)21;/h2*10-16,20-21H,1-9H2;. The molecule has 8 nitrogen and oxygen atoms in total. The summed E-state index contributed by atoms with van der Waals surface area (Å²) in [6, 6.07) is -0.492. The van der Waals surface area contributed by atoms with E-state index in [9.17, 15) is 20.4 Å². The van der Waals surface area contributed by atoms with Crippen LogP contribution in [0.2, 0.25) is 0 Å². The van der Waals surface area contributed by atoms with Gasteiger partial charge < -0.3 is 20.4 Å². The first-order chi connectivity index (χ1) is 20.3. The van der Waals surface area contributed by atoms with Crippen molar-refractivity contribution in [1.29, 1.82) is 0 Å². The van der Waals surface area contributed by atoms with Gasteiger partial charge >= 0.3 is 0 Å². The minimum atomic E-state index is -0.424. The van der Waals surface area contributed by atoms with Crippen molar-refractivity contribution in [3.8, 4) is 0 Å². The summed E-state index contributed by atoms with van der Waals surface area (Å²) in [5, 5.41) is 58.7. The molecule has 0 spiro atoms. The second-order valence-electron chi connectivity index (χ2n) is 14.2. The zero-order valence-corrected chi connectivity index (χ0v) is 28.3. The summed E-state index contributed by atoms with van der Waals surface area (Å²) in [7, 11) is 0. The molecule has 0 aromatic rings. The van der Waals surface area contributed by atoms with Crippen molar-refractivity contribution in [2.75, 3.05) is 0 Å². The van der Waals surface area contributed by atoms with Crippen LogP contribution in [0.4, 0.5) is 0 Å². The summed E-state index contributed by atoms with van der Waals surface area (Å²) in [4.78, 5) is 0. The van der Waals surface area contributed by atoms with E-state index >= 15 is 0 Å². The molecular formula is C32H54Cl2CrN4O4. The molecule has 0 heterocycles. The first kappa shape index (κ1) is 36.0. The van der Waals surface area contributed by atoms with Crippen LogP contribution in [0.1, 0.15) is 116 Å². The molecule has 6 rings (SSSR count). The molecule has 6 saturated carbocycles. The maximum absolute atomic E-state index is 10.3. The number of alkyl halides is 2. The fraction of sp³-hybridized carbons (Fsp3) is 1.00. The van der Waals surface area contributed by atoms with Crippen LogP contribution in [-0.4, -0.2) is 79.8 Å². The molecule has 0 aliphatic heterocycles. The minimum Gasteiger partial charge on any atom is -0.391 e. The van der Waals surface area contributed by atoms with Crippen LogP contribution in [0, 0.1) is 23.7 Å². The van der Waals surface area contributed by atoms with Gasteiger partial charge in [-0.2, -0.15) is 20.5 Å². The molecule has 246 valence electrons. The van der Waals surface area contributed by atoms with Crippen LogP contribution >= 0.6 is 23.2 Å². The summed E-state index contributed by atoms with van der Waals surface area (Å²) in [6.07, 6.45) is 16.9. The quantitative estimate of drug-likeness (QED) is 0.197. The molecule has 0 radical (unpaired) electrons. The molecule has 0 aromatic carbocycles. The molecular weight excluding hydrogens is 627 g/mol. The number of halogens is 2. The Balaban J connectivity index is 0.000000192. The number of aliphatic hydroxyl groups excluding tert-OH is 4. The largest absolute Gasteiger partial charge is 0.391 e. The van der Waals surface area contributed by atoms with E-state index in [1.165, 1.54) is 38.5 Å². The first-order valence-electron chi connectivity index (χ1n) is 17.1. The van der Waals surface area contributed by atoms with E-state index in [0.29, 0.717) is 49.4 Å². The number of rotatable bonds is 4. The van der Waals surface area contributed by atoms with E-state index in [1.807, 2.05) is 0 Å². The summed E-state index contributed by atoms with van der Waals surface area (Å²) in [6.45, 7) is 0. The Morgan fingerprint density at radius 2 is 0.791 bits per heavy atom. The SMILES string of the molecule is OC1CCC(Cl)CC1N=NC1C(O)CCC2CCCCC21.OC1CCC(Cl)CC1N=NC1C(O)CCC2CCCCC21.[Cr]. The number of aliphatic hydroxyl groups is 4. The number of azo groups is 2. The summed E-state index contributed by atoms with van der Waals surface area (Å²) < 4.78 is 0. The van der Waals surface area contributed by atoms with Crippen molar-refractivity contribution < 1.29 is 37.8 Å². The van der Waals surface area contributed by atoms with E-state index in [1.54, 1.807) is 0 Å². The van der Waals surface area contributed by atoms with Gasteiger partial charge in [0.15, 0.2) is 0 Å². The Kier molecular flexibility index (Phi) is 14.5. The predicted octanol–water partition coefficient (Wildman–Crippen LogP) is 6.58. The molecule has 6 fully saturated rings. The second kappa shape index (κ2) is 17.3. The summed E-state index contributed by atoms with van der Waals surface area (Å²) in [5.74, 6) is 2.39. The van der Waals surface area contributed by atoms with Gasteiger partial charge in [-0.25, -0.2) is 0 Å². The molecule has 14 unspecified atom stereocenters. The van der Waals surface area contributed by atoms with Gasteiger partial charge in [-0.3, -0.25) is 0 Å². The van der Waals surface area contributed by atoms with E-state index in [-0.39, 0.29) is 64.5 Å². The van der Waals surface area contributed by atoms with Gasteiger partial charge in [-0.15, -0.1) is 23.2 Å². The van der Waals surface area contributed by atoms with Crippen molar-refractivity contribution >= 4 is 23.2 Å². The van der Waals surface area contributed by atoms with Crippen LogP contribution in [0.5, 0.6) is 0 Å². The van der Waals surface area contributed by atoms with Gasteiger partial charge in [0.2, 0.25) is 0 Å². The van der Waals surface area contributed by atoms with Gasteiger partial charge in [0.25, 0.3) is 0 Å². The Labute approximate surface area is 279 Å². The molecule has 6 aliphatic rings. The van der Waals surface area contributed by atoms with Gasteiger partial charge in [0.05, 0.1) is 48.6 Å². The molecule has 0 amide bonds. The Hall–Kier alpha value is 0.152. The third-order valence-electron chi connectivity index (χ3n) is 11.4. The minimum absolute atomic E-state index is 0. The smallest absolute Gasteiger partial charge is 0.0997 e. The van der Waals surface area contributed by atoms with Gasteiger partial charge in [-0.05, 0) is 101 Å². The van der Waals surface area contributed by atoms with Crippen molar-refractivity contribution in [3.05, 3.63) is 0 Å². The van der Waals surface area contributed by atoms with E-state index in [0.717, 1.165) is 51.4 Å². The number of nitrogens with zero attached hydrogens (tertiary/aromatic N) is 4. The molecule has 14 atom stereocenters. The number of hydrogen-bond acceptors (Lipinski definition) is 8. The first-order valence-corrected chi connectivity index (χ1v) is 18.0. The molecule has 0 saturated heterocycles. The van der Waals surface area contributed by atoms with Crippen LogP contribution in [0.15, 0.2) is 20.5 Å². The zero-order chi connectivity index (χ0) is 29.6. The average molecular weight is 682 g/mol. The molecule has 0 bridgehead atoms. The summed E-state index contributed by atoms with van der Waals surface area (Å²) >= 11 is 12.4. The monoisotopic (exact) mass is 680 g/mol. The summed E-state index contributed by atoms with van der Waals surface area (Å²) in [5.41, 5.74) is 0. The third kappa shape index (κ3) is 9.60. The second-order valence-corrected chi connectivity index (χ2v) is 15.5. The number of hydrogen-bond donors (Lipinski definition) is 4. The van der Waals surface area contributed by atoms with E-state index in [2.05, 4.69) is 20.5 Å². The van der Waals surface area contributed by atoms with Gasteiger partial charge in [0, 0.05) is 28.1 Å². The molecule has 43 heavy (non-hydrogen) atoms. The Morgan fingerprint density at radius 3 is 1.21 bits per heavy atom. The Bertz CT molecular complexity index is 835. The number of fused-ring (bicyclic) bond motifs is 2. The molecule has 0 aromatic heterocycles.